The Labute approximate surface area is 148 Å². The zero-order valence-electron chi connectivity index (χ0n) is 13.9. The number of nitrogens with one attached hydrogen (secondary N) is 2. The lowest BCUT2D eigenvalue weighted by Gasteiger charge is -2.05. The standard InChI is InChI=1S/C17H16N4O3S/c1-9-15(10(2)24-21-9)17-20-14(8-25-17)16(23)19-13-6-4-12(5-7-13)18-11(3)22/h4-8H,1-3H3,(H,18,22)(H,19,23). The van der Waals surface area contributed by atoms with Gasteiger partial charge in [-0.05, 0) is 38.1 Å². The molecule has 128 valence electrons. The first-order chi connectivity index (χ1) is 11.9. The molecule has 0 fully saturated rings. The van der Waals surface area contributed by atoms with Crippen LogP contribution < -0.4 is 10.6 Å². The van der Waals surface area contributed by atoms with Crippen molar-refractivity contribution in [3.8, 4) is 10.6 Å². The highest BCUT2D eigenvalue weighted by atomic mass is 32.1. The maximum absolute atomic E-state index is 12.4. The largest absolute Gasteiger partial charge is 0.361 e. The molecule has 3 rings (SSSR count). The first kappa shape index (κ1) is 16.8. The molecule has 3 aromatic rings. The van der Waals surface area contributed by atoms with E-state index in [0.29, 0.717) is 27.8 Å². The zero-order valence-corrected chi connectivity index (χ0v) is 14.7. The molecule has 0 aliphatic rings. The summed E-state index contributed by atoms with van der Waals surface area (Å²) in [7, 11) is 0. The predicted octanol–water partition coefficient (Wildman–Crippen LogP) is 3.63. The molecule has 0 saturated carbocycles. The Hall–Kier alpha value is -3.00. The number of nitrogens with zero attached hydrogens (tertiary/aromatic N) is 2. The van der Waals surface area contributed by atoms with Crippen molar-refractivity contribution in [2.24, 2.45) is 0 Å². The molecule has 2 amide bonds. The van der Waals surface area contributed by atoms with Gasteiger partial charge in [0, 0.05) is 23.7 Å². The van der Waals surface area contributed by atoms with Crippen molar-refractivity contribution in [1.29, 1.82) is 0 Å². The molecule has 7 nitrogen and oxygen atoms in total. The molecule has 2 aromatic heterocycles. The lowest BCUT2D eigenvalue weighted by atomic mass is 10.2. The number of carbonyl (C=O) groups excluding carboxylic acids is 2. The Bertz CT molecular complexity index is 908. The van der Waals surface area contributed by atoms with Gasteiger partial charge < -0.3 is 15.2 Å². The number of aryl methyl sites for hydroxylation is 2. The summed E-state index contributed by atoms with van der Waals surface area (Å²) in [6.45, 7) is 5.09. The van der Waals surface area contributed by atoms with Crippen LogP contribution in [0.4, 0.5) is 11.4 Å². The van der Waals surface area contributed by atoms with Gasteiger partial charge in [0.05, 0.1) is 11.3 Å². The van der Waals surface area contributed by atoms with Crippen molar-refractivity contribution in [2.45, 2.75) is 20.8 Å². The van der Waals surface area contributed by atoms with Crippen LogP contribution in [0.15, 0.2) is 34.2 Å². The molecule has 0 bridgehead atoms. The molecule has 0 aliphatic carbocycles. The van der Waals surface area contributed by atoms with Crippen molar-refractivity contribution in [3.63, 3.8) is 0 Å². The van der Waals surface area contributed by atoms with Gasteiger partial charge in [0.2, 0.25) is 5.91 Å². The molecule has 2 N–H and O–H groups in total. The van der Waals surface area contributed by atoms with Gasteiger partial charge >= 0.3 is 0 Å². The van der Waals surface area contributed by atoms with E-state index in [2.05, 4.69) is 20.8 Å². The summed E-state index contributed by atoms with van der Waals surface area (Å²) in [6.07, 6.45) is 0. The van der Waals surface area contributed by atoms with Crippen LogP contribution in [-0.4, -0.2) is 22.0 Å². The van der Waals surface area contributed by atoms with Crippen molar-refractivity contribution in [2.75, 3.05) is 10.6 Å². The van der Waals surface area contributed by atoms with Crippen LogP contribution in [0.5, 0.6) is 0 Å². The minimum atomic E-state index is -0.304. The van der Waals surface area contributed by atoms with E-state index in [1.54, 1.807) is 29.6 Å². The summed E-state index contributed by atoms with van der Waals surface area (Å²) in [6, 6.07) is 6.86. The second-order valence-corrected chi connectivity index (χ2v) is 6.31. The predicted molar refractivity (Wildman–Crippen MR) is 95.8 cm³/mol. The second-order valence-electron chi connectivity index (χ2n) is 5.45. The number of carbonyl (C=O) groups is 2. The highest BCUT2D eigenvalue weighted by Crippen LogP contribution is 2.29. The van der Waals surface area contributed by atoms with E-state index in [1.807, 2.05) is 13.8 Å². The van der Waals surface area contributed by atoms with Gasteiger partial charge in [0.15, 0.2) is 0 Å². The smallest absolute Gasteiger partial charge is 0.275 e. The third kappa shape index (κ3) is 3.74. The third-order valence-electron chi connectivity index (χ3n) is 3.45. The first-order valence-corrected chi connectivity index (χ1v) is 8.40. The maximum Gasteiger partial charge on any atom is 0.275 e. The Kier molecular flexibility index (Phi) is 4.62. The normalized spacial score (nSPS) is 10.5. The number of anilines is 2. The van der Waals surface area contributed by atoms with Crippen LogP contribution in [0.3, 0.4) is 0 Å². The van der Waals surface area contributed by atoms with Crippen molar-refractivity contribution in [1.82, 2.24) is 10.1 Å². The van der Waals surface area contributed by atoms with E-state index in [4.69, 9.17) is 4.52 Å². The summed E-state index contributed by atoms with van der Waals surface area (Å²) < 4.78 is 5.14. The molecule has 8 heteroatoms. The van der Waals surface area contributed by atoms with Gasteiger partial charge in [0.25, 0.3) is 5.91 Å². The number of benzene rings is 1. The van der Waals surface area contributed by atoms with Crippen LogP contribution in [0.25, 0.3) is 10.6 Å². The SMILES string of the molecule is CC(=O)Nc1ccc(NC(=O)c2csc(-c3c(C)noc3C)n2)cc1. The maximum atomic E-state index is 12.4. The van der Waals surface area contributed by atoms with Gasteiger partial charge in [-0.15, -0.1) is 11.3 Å². The van der Waals surface area contributed by atoms with Gasteiger partial charge in [-0.25, -0.2) is 4.98 Å². The Morgan fingerprint density at radius 2 is 1.72 bits per heavy atom. The molecule has 0 radical (unpaired) electrons. The van der Waals surface area contributed by atoms with Crippen LogP contribution in [-0.2, 0) is 4.79 Å². The van der Waals surface area contributed by atoms with Crippen molar-refractivity contribution in [3.05, 3.63) is 46.8 Å². The molecule has 0 saturated heterocycles. The van der Waals surface area contributed by atoms with Gasteiger partial charge in [-0.2, -0.15) is 0 Å². The third-order valence-corrected chi connectivity index (χ3v) is 4.31. The van der Waals surface area contributed by atoms with Gasteiger partial charge in [0.1, 0.15) is 16.5 Å². The Balaban J connectivity index is 1.73. The molecule has 1 aromatic carbocycles. The number of hydrogen-bond acceptors (Lipinski definition) is 6. The number of thiazole rings is 1. The highest BCUT2D eigenvalue weighted by Gasteiger charge is 2.18. The molecule has 0 aliphatic heterocycles. The summed E-state index contributed by atoms with van der Waals surface area (Å²) in [5.41, 5.74) is 3.17. The topological polar surface area (TPSA) is 97.1 Å². The highest BCUT2D eigenvalue weighted by molar-refractivity contribution is 7.13. The lowest BCUT2D eigenvalue weighted by molar-refractivity contribution is -0.114. The minimum absolute atomic E-state index is 0.147. The van der Waals surface area contributed by atoms with Crippen molar-refractivity contribution < 1.29 is 14.1 Å². The summed E-state index contributed by atoms with van der Waals surface area (Å²) in [5.74, 6) is 0.222. The zero-order chi connectivity index (χ0) is 18.0. The second kappa shape index (κ2) is 6.86. The summed E-state index contributed by atoms with van der Waals surface area (Å²) in [4.78, 5) is 27.7. The molecular formula is C17H16N4O3S. The number of aromatic nitrogens is 2. The van der Waals surface area contributed by atoms with Gasteiger partial charge in [-0.1, -0.05) is 5.16 Å². The number of rotatable bonds is 4. The van der Waals surface area contributed by atoms with Crippen LogP contribution >= 0.6 is 11.3 Å². The molecule has 0 unspecified atom stereocenters. The minimum Gasteiger partial charge on any atom is -0.361 e. The van der Waals surface area contributed by atoms with E-state index in [9.17, 15) is 9.59 Å². The molecule has 25 heavy (non-hydrogen) atoms. The van der Waals surface area contributed by atoms with E-state index in [0.717, 1.165) is 11.3 Å². The molecule has 2 heterocycles. The van der Waals surface area contributed by atoms with Crippen LogP contribution in [0.1, 0.15) is 28.9 Å². The quantitative estimate of drug-likeness (QED) is 0.744. The van der Waals surface area contributed by atoms with E-state index >= 15 is 0 Å². The lowest BCUT2D eigenvalue weighted by Crippen LogP contribution is -2.12. The van der Waals surface area contributed by atoms with E-state index in [-0.39, 0.29) is 11.8 Å². The van der Waals surface area contributed by atoms with Gasteiger partial charge in [-0.3, -0.25) is 9.59 Å². The Morgan fingerprint density at radius 1 is 1.08 bits per heavy atom. The fourth-order valence-electron chi connectivity index (χ4n) is 2.32. The molecular weight excluding hydrogens is 340 g/mol. The monoisotopic (exact) mass is 356 g/mol. The van der Waals surface area contributed by atoms with E-state index < -0.39 is 0 Å². The van der Waals surface area contributed by atoms with Crippen molar-refractivity contribution >= 4 is 34.5 Å². The average Bonchev–Trinajstić information content (AvgIpc) is 3.15. The summed E-state index contributed by atoms with van der Waals surface area (Å²) >= 11 is 1.36. The number of hydrogen-bond donors (Lipinski definition) is 2. The fourth-order valence-corrected chi connectivity index (χ4v) is 3.26. The van der Waals surface area contributed by atoms with Crippen LogP contribution in [0, 0.1) is 13.8 Å². The first-order valence-electron chi connectivity index (χ1n) is 7.52. The number of amides is 2. The summed E-state index contributed by atoms with van der Waals surface area (Å²) in [5, 5.41) is 11.7. The molecule has 0 spiro atoms. The molecule has 0 atom stereocenters. The van der Waals surface area contributed by atoms with E-state index in [1.165, 1.54) is 18.3 Å². The van der Waals surface area contributed by atoms with Crippen LogP contribution in [0.2, 0.25) is 0 Å². The average molecular weight is 356 g/mol. The fraction of sp³-hybridized carbons (Fsp3) is 0.176. The Morgan fingerprint density at radius 3 is 2.28 bits per heavy atom.